The molecule has 0 spiro atoms. The molecule has 6 heteroatoms. The number of ether oxygens (including phenoxy) is 1. The molecule has 0 amide bonds. The molecule has 0 bridgehead atoms. The summed E-state index contributed by atoms with van der Waals surface area (Å²) in [5.74, 6) is -0.861. The summed E-state index contributed by atoms with van der Waals surface area (Å²) in [5.41, 5.74) is 1.37. The molecule has 0 radical (unpaired) electrons. The van der Waals surface area contributed by atoms with Crippen LogP contribution in [0.4, 0.5) is 0 Å². The van der Waals surface area contributed by atoms with Gasteiger partial charge in [-0.2, -0.15) is 0 Å². The van der Waals surface area contributed by atoms with E-state index in [2.05, 4.69) is 0 Å². The monoisotopic (exact) mass is 512 g/mol. The molecule has 0 aromatic heterocycles. The summed E-state index contributed by atoms with van der Waals surface area (Å²) < 4.78 is 4.63. The molecule has 1 saturated heterocycles. The average Bonchev–Trinajstić information content (AvgIpc) is 2.84. The van der Waals surface area contributed by atoms with Crippen LogP contribution >= 0.6 is 11.6 Å². The third kappa shape index (κ3) is 4.86. The van der Waals surface area contributed by atoms with Crippen molar-refractivity contribution in [3.63, 3.8) is 0 Å². The first kappa shape index (κ1) is 22.5. The molecule has 1 fully saturated rings. The zero-order chi connectivity index (χ0) is 22.6. The van der Waals surface area contributed by atoms with Crippen LogP contribution in [0, 0.1) is 0 Å². The van der Waals surface area contributed by atoms with Gasteiger partial charge >= 0.3 is 198 Å². The van der Waals surface area contributed by atoms with Crippen molar-refractivity contribution in [2.75, 3.05) is 0 Å². The molecule has 3 aromatic carbocycles. The van der Waals surface area contributed by atoms with Crippen molar-refractivity contribution >= 4 is 44.1 Å². The first-order valence-electron chi connectivity index (χ1n) is 10.3. The van der Waals surface area contributed by atoms with Crippen molar-refractivity contribution in [2.45, 2.75) is 28.6 Å². The van der Waals surface area contributed by atoms with Gasteiger partial charge in [-0.25, -0.2) is 0 Å². The van der Waals surface area contributed by atoms with E-state index in [-0.39, 0.29) is 21.9 Å². The number of ketones is 2. The Morgan fingerprint density at radius 3 is 2.12 bits per heavy atom. The van der Waals surface area contributed by atoms with Gasteiger partial charge in [0.05, 0.1) is 0 Å². The molecule has 0 saturated carbocycles. The number of esters is 1. The second-order valence-electron chi connectivity index (χ2n) is 7.58. The average molecular weight is 512 g/mol. The van der Waals surface area contributed by atoms with Crippen molar-refractivity contribution < 1.29 is 19.1 Å². The van der Waals surface area contributed by atoms with Crippen LogP contribution in [0.15, 0.2) is 84.9 Å². The van der Waals surface area contributed by atoms with E-state index in [1.807, 2.05) is 24.3 Å². The van der Waals surface area contributed by atoms with Gasteiger partial charge in [-0.15, -0.1) is 0 Å². The van der Waals surface area contributed by atoms with Gasteiger partial charge in [-0.05, 0) is 0 Å². The molecule has 1 aliphatic rings. The SMILES string of the molecule is O=C(O[C@@]1(C(=O)c2ccccc2)CCC[C@@H](C(=O)c2ccccc2)[Se]1)c1cccc(Cl)c1. The number of halogens is 1. The zero-order valence-corrected chi connectivity index (χ0v) is 19.7. The number of hydrogen-bond acceptors (Lipinski definition) is 4. The molecule has 0 unspecified atom stereocenters. The van der Waals surface area contributed by atoms with Crippen molar-refractivity contribution in [3.05, 3.63) is 107 Å². The molecule has 4 nitrogen and oxygen atoms in total. The maximum absolute atomic E-state index is 13.7. The molecule has 32 heavy (non-hydrogen) atoms. The fourth-order valence-electron chi connectivity index (χ4n) is 3.76. The Morgan fingerprint density at radius 1 is 0.844 bits per heavy atom. The molecular weight excluding hydrogens is 491 g/mol. The van der Waals surface area contributed by atoms with E-state index >= 15 is 0 Å². The number of carbonyl (C=O) groups excluding carboxylic acids is 3. The minimum atomic E-state index is -1.35. The Hall–Kier alpha value is -2.72. The maximum atomic E-state index is 13.7. The Kier molecular flexibility index (Phi) is 6.90. The predicted octanol–water partition coefficient (Wildman–Crippen LogP) is 5.64. The van der Waals surface area contributed by atoms with E-state index in [1.165, 1.54) is 6.07 Å². The van der Waals surface area contributed by atoms with Crippen molar-refractivity contribution in [3.8, 4) is 0 Å². The van der Waals surface area contributed by atoms with Gasteiger partial charge in [0.15, 0.2) is 0 Å². The van der Waals surface area contributed by atoms with Gasteiger partial charge in [-0.1, -0.05) is 0 Å². The topological polar surface area (TPSA) is 60.4 Å². The fourth-order valence-corrected chi connectivity index (χ4v) is 7.31. The summed E-state index contributed by atoms with van der Waals surface area (Å²) in [5, 5.41) is 0.411. The molecule has 1 aliphatic heterocycles. The second-order valence-corrected chi connectivity index (χ2v) is 11.1. The van der Waals surface area contributed by atoms with Crippen molar-refractivity contribution in [1.82, 2.24) is 0 Å². The number of rotatable bonds is 6. The van der Waals surface area contributed by atoms with Crippen LogP contribution in [0.25, 0.3) is 0 Å². The first-order chi connectivity index (χ1) is 15.5. The molecule has 3 aromatic rings. The summed E-state index contributed by atoms with van der Waals surface area (Å²) in [6, 6.07) is 24.4. The van der Waals surface area contributed by atoms with Crippen LogP contribution in [0.1, 0.15) is 50.3 Å². The third-order valence-electron chi connectivity index (χ3n) is 5.36. The summed E-state index contributed by atoms with van der Waals surface area (Å²) in [6.45, 7) is 0. The number of hydrogen-bond donors (Lipinski definition) is 0. The molecule has 162 valence electrons. The minimum absolute atomic E-state index is 0.00524. The summed E-state index contributed by atoms with van der Waals surface area (Å²) >= 11 is 5.46. The van der Waals surface area contributed by atoms with Crippen LogP contribution < -0.4 is 0 Å². The number of benzene rings is 3. The molecular formula is C26H21ClO4Se. The Bertz CT molecular complexity index is 1130. The van der Waals surface area contributed by atoms with Gasteiger partial charge in [0, 0.05) is 0 Å². The van der Waals surface area contributed by atoms with Gasteiger partial charge in [0.25, 0.3) is 0 Å². The van der Waals surface area contributed by atoms with E-state index in [1.54, 1.807) is 54.6 Å². The van der Waals surface area contributed by atoms with Crippen LogP contribution in [-0.4, -0.2) is 37.0 Å². The van der Waals surface area contributed by atoms with Crippen LogP contribution in [-0.2, 0) is 4.74 Å². The van der Waals surface area contributed by atoms with Crippen molar-refractivity contribution in [1.29, 1.82) is 0 Å². The fraction of sp³-hybridized carbons (Fsp3) is 0.192. The van der Waals surface area contributed by atoms with Gasteiger partial charge < -0.3 is 0 Å². The molecule has 1 heterocycles. The molecule has 4 rings (SSSR count). The first-order valence-corrected chi connectivity index (χ1v) is 12.6. The van der Waals surface area contributed by atoms with Gasteiger partial charge in [-0.3, -0.25) is 0 Å². The Labute approximate surface area is 198 Å². The number of Topliss-reactive ketones (excluding diaryl/α,β-unsaturated/α-hetero) is 2. The van der Waals surface area contributed by atoms with Gasteiger partial charge in [0.2, 0.25) is 0 Å². The molecule has 0 N–H and O–H groups in total. The standard InChI is InChI=1S/C26H21ClO4Se/c27-21-14-7-13-20(17-21)25(30)31-26(24(29)19-11-5-2-6-12-19)16-8-15-22(32-26)23(28)18-9-3-1-4-10-18/h1-7,9-14,17,22H,8,15-16H2/t22-,26-/m0/s1. The second kappa shape index (κ2) is 9.83. The third-order valence-corrected chi connectivity index (χ3v) is 8.92. The van der Waals surface area contributed by atoms with E-state index < -0.39 is 25.4 Å². The summed E-state index contributed by atoms with van der Waals surface area (Å²) in [4.78, 5) is 39.6. The molecule has 0 aliphatic carbocycles. The Balaban J connectivity index is 1.68. The molecule has 2 atom stereocenters. The van der Waals surface area contributed by atoms with Gasteiger partial charge in [0.1, 0.15) is 0 Å². The zero-order valence-electron chi connectivity index (χ0n) is 17.2. The predicted molar refractivity (Wildman–Crippen MR) is 124 cm³/mol. The normalized spacial score (nSPS) is 20.3. The Morgan fingerprint density at radius 2 is 1.47 bits per heavy atom. The number of carbonyl (C=O) groups is 3. The summed E-state index contributed by atoms with van der Waals surface area (Å²) in [7, 11) is 0. The van der Waals surface area contributed by atoms with E-state index in [9.17, 15) is 14.4 Å². The van der Waals surface area contributed by atoms with Crippen LogP contribution in [0.3, 0.4) is 0 Å². The quantitative estimate of drug-likeness (QED) is 0.244. The van der Waals surface area contributed by atoms with E-state index in [0.717, 1.165) is 0 Å². The van der Waals surface area contributed by atoms with E-state index in [0.29, 0.717) is 35.4 Å². The van der Waals surface area contributed by atoms with Crippen molar-refractivity contribution in [2.24, 2.45) is 0 Å². The van der Waals surface area contributed by atoms with E-state index in [4.69, 9.17) is 16.3 Å². The van der Waals surface area contributed by atoms with Crippen LogP contribution in [0.5, 0.6) is 0 Å². The van der Waals surface area contributed by atoms with Crippen LogP contribution in [0.2, 0.25) is 9.84 Å². The summed E-state index contributed by atoms with van der Waals surface area (Å²) in [6.07, 6.45) is 1.68.